The van der Waals surface area contributed by atoms with Gasteiger partial charge in [-0.1, -0.05) is 12.1 Å². The molecule has 0 aliphatic carbocycles. The van der Waals surface area contributed by atoms with Gasteiger partial charge in [0.05, 0.1) is 14.2 Å². The first-order valence-electron chi connectivity index (χ1n) is 6.37. The molecule has 0 unspecified atom stereocenters. The maximum absolute atomic E-state index is 11.5. The molecule has 0 fully saturated rings. The number of rotatable bonds is 6. The van der Waals surface area contributed by atoms with Gasteiger partial charge in [0, 0.05) is 6.54 Å². The van der Waals surface area contributed by atoms with E-state index >= 15 is 0 Å². The van der Waals surface area contributed by atoms with Gasteiger partial charge in [0.2, 0.25) is 0 Å². The molecule has 0 aliphatic rings. The molecule has 1 N–H and O–H groups in total. The SMILES string of the molecule is COC(=O)C(C)(C)NCCc1ccc(OC)c(C)c1. The molecule has 0 spiro atoms. The maximum Gasteiger partial charge on any atom is 0.325 e. The van der Waals surface area contributed by atoms with Crippen LogP contribution in [0.15, 0.2) is 18.2 Å². The standard InChI is InChI=1S/C15H23NO3/c1-11-10-12(6-7-13(11)18-4)8-9-16-15(2,3)14(17)19-5/h6-7,10,16H,8-9H2,1-5H3. The van der Waals surface area contributed by atoms with Gasteiger partial charge in [0.25, 0.3) is 0 Å². The second-order valence-corrected chi connectivity index (χ2v) is 5.10. The first-order valence-corrected chi connectivity index (χ1v) is 6.37. The van der Waals surface area contributed by atoms with Crippen LogP contribution in [-0.2, 0) is 16.0 Å². The highest BCUT2D eigenvalue weighted by Crippen LogP contribution is 2.18. The fourth-order valence-corrected chi connectivity index (χ4v) is 1.94. The largest absolute Gasteiger partial charge is 0.496 e. The molecule has 19 heavy (non-hydrogen) atoms. The van der Waals surface area contributed by atoms with Crippen molar-refractivity contribution in [3.63, 3.8) is 0 Å². The number of aryl methyl sites for hydroxylation is 1. The second kappa shape index (κ2) is 6.57. The lowest BCUT2D eigenvalue weighted by Crippen LogP contribution is -2.48. The van der Waals surface area contributed by atoms with Crippen LogP contribution in [-0.4, -0.2) is 32.3 Å². The van der Waals surface area contributed by atoms with E-state index in [4.69, 9.17) is 9.47 Å². The van der Waals surface area contributed by atoms with Gasteiger partial charge >= 0.3 is 5.97 Å². The number of methoxy groups -OCH3 is 2. The maximum atomic E-state index is 11.5. The van der Waals surface area contributed by atoms with E-state index in [2.05, 4.69) is 11.4 Å². The lowest BCUT2D eigenvalue weighted by molar-refractivity contribution is -0.147. The summed E-state index contributed by atoms with van der Waals surface area (Å²) >= 11 is 0. The van der Waals surface area contributed by atoms with Crippen LogP contribution in [0.4, 0.5) is 0 Å². The van der Waals surface area contributed by atoms with Crippen LogP contribution >= 0.6 is 0 Å². The number of carbonyl (C=O) groups is 1. The number of hydrogen-bond donors (Lipinski definition) is 1. The van der Waals surface area contributed by atoms with Crippen molar-refractivity contribution in [3.05, 3.63) is 29.3 Å². The lowest BCUT2D eigenvalue weighted by atomic mass is 10.0. The van der Waals surface area contributed by atoms with Crippen molar-refractivity contribution in [1.82, 2.24) is 5.32 Å². The number of nitrogens with one attached hydrogen (secondary N) is 1. The van der Waals surface area contributed by atoms with Gasteiger partial charge in [0.15, 0.2) is 0 Å². The number of benzene rings is 1. The summed E-state index contributed by atoms with van der Waals surface area (Å²) in [6, 6.07) is 6.11. The summed E-state index contributed by atoms with van der Waals surface area (Å²) in [4.78, 5) is 11.5. The number of carbonyl (C=O) groups excluding carboxylic acids is 1. The zero-order valence-corrected chi connectivity index (χ0v) is 12.4. The lowest BCUT2D eigenvalue weighted by Gasteiger charge is -2.23. The van der Waals surface area contributed by atoms with Crippen LogP contribution in [0.2, 0.25) is 0 Å². The van der Waals surface area contributed by atoms with Gasteiger partial charge in [-0.2, -0.15) is 0 Å². The molecule has 4 heteroatoms. The average molecular weight is 265 g/mol. The molecular formula is C15H23NO3. The minimum atomic E-state index is -0.656. The molecule has 0 saturated carbocycles. The molecule has 0 saturated heterocycles. The van der Waals surface area contributed by atoms with E-state index in [1.54, 1.807) is 7.11 Å². The van der Waals surface area contributed by atoms with E-state index in [0.29, 0.717) is 6.54 Å². The molecular weight excluding hydrogens is 242 g/mol. The third kappa shape index (κ3) is 4.24. The Morgan fingerprint density at radius 1 is 1.32 bits per heavy atom. The van der Waals surface area contributed by atoms with Crippen LogP contribution < -0.4 is 10.1 Å². The van der Waals surface area contributed by atoms with Gasteiger partial charge in [-0.15, -0.1) is 0 Å². The smallest absolute Gasteiger partial charge is 0.325 e. The topological polar surface area (TPSA) is 47.6 Å². The van der Waals surface area contributed by atoms with Crippen molar-refractivity contribution in [3.8, 4) is 5.75 Å². The first-order chi connectivity index (χ1) is 8.90. The van der Waals surface area contributed by atoms with E-state index in [1.165, 1.54) is 12.7 Å². The normalized spacial score (nSPS) is 11.2. The van der Waals surface area contributed by atoms with Crippen molar-refractivity contribution >= 4 is 5.97 Å². The van der Waals surface area contributed by atoms with Crippen LogP contribution in [0.25, 0.3) is 0 Å². The van der Waals surface area contributed by atoms with Gasteiger partial charge < -0.3 is 14.8 Å². The predicted molar refractivity (Wildman–Crippen MR) is 75.5 cm³/mol. The highest BCUT2D eigenvalue weighted by atomic mass is 16.5. The zero-order valence-electron chi connectivity index (χ0n) is 12.4. The summed E-state index contributed by atoms with van der Waals surface area (Å²) in [7, 11) is 3.07. The third-order valence-electron chi connectivity index (χ3n) is 3.14. The Bertz CT molecular complexity index is 441. The minimum Gasteiger partial charge on any atom is -0.496 e. The molecule has 0 heterocycles. The average Bonchev–Trinajstić information content (AvgIpc) is 2.37. The van der Waals surface area contributed by atoms with Gasteiger partial charge in [-0.05, 0) is 44.4 Å². The Kier molecular flexibility index (Phi) is 5.36. The summed E-state index contributed by atoms with van der Waals surface area (Å²) in [6.45, 7) is 6.37. The van der Waals surface area contributed by atoms with E-state index in [9.17, 15) is 4.79 Å². The summed E-state index contributed by atoms with van der Waals surface area (Å²) in [5, 5.41) is 3.20. The van der Waals surface area contributed by atoms with Crippen LogP contribution in [0.1, 0.15) is 25.0 Å². The molecule has 0 atom stereocenters. The van der Waals surface area contributed by atoms with E-state index in [1.807, 2.05) is 32.9 Å². The van der Waals surface area contributed by atoms with Crippen LogP contribution in [0.3, 0.4) is 0 Å². The Morgan fingerprint density at radius 3 is 2.53 bits per heavy atom. The van der Waals surface area contributed by atoms with Crippen molar-refractivity contribution in [2.75, 3.05) is 20.8 Å². The summed E-state index contributed by atoms with van der Waals surface area (Å²) in [5.74, 6) is 0.644. The van der Waals surface area contributed by atoms with Crippen molar-refractivity contribution in [2.45, 2.75) is 32.7 Å². The fraction of sp³-hybridized carbons (Fsp3) is 0.533. The second-order valence-electron chi connectivity index (χ2n) is 5.10. The van der Waals surface area contributed by atoms with Crippen molar-refractivity contribution < 1.29 is 14.3 Å². The Hall–Kier alpha value is -1.55. The highest BCUT2D eigenvalue weighted by Gasteiger charge is 2.27. The fourth-order valence-electron chi connectivity index (χ4n) is 1.94. The third-order valence-corrected chi connectivity index (χ3v) is 3.14. The van der Waals surface area contributed by atoms with E-state index < -0.39 is 5.54 Å². The monoisotopic (exact) mass is 265 g/mol. The van der Waals surface area contributed by atoms with E-state index in [-0.39, 0.29) is 5.97 Å². The molecule has 4 nitrogen and oxygen atoms in total. The first kappa shape index (κ1) is 15.5. The molecule has 106 valence electrons. The molecule has 1 aromatic rings. The quantitative estimate of drug-likeness (QED) is 0.800. The summed E-state index contributed by atoms with van der Waals surface area (Å²) < 4.78 is 9.98. The predicted octanol–water partition coefficient (Wildman–Crippen LogP) is 2.09. The minimum absolute atomic E-state index is 0.251. The van der Waals surface area contributed by atoms with Gasteiger partial charge in [0.1, 0.15) is 11.3 Å². The number of hydrogen-bond acceptors (Lipinski definition) is 4. The van der Waals surface area contributed by atoms with Crippen molar-refractivity contribution in [1.29, 1.82) is 0 Å². The molecule has 0 aromatic heterocycles. The molecule has 1 aromatic carbocycles. The summed E-state index contributed by atoms with van der Waals surface area (Å²) in [5.41, 5.74) is 1.68. The van der Waals surface area contributed by atoms with Gasteiger partial charge in [-0.25, -0.2) is 0 Å². The molecule has 0 amide bonds. The number of ether oxygens (including phenoxy) is 2. The Morgan fingerprint density at radius 2 is 2.00 bits per heavy atom. The molecule has 0 aliphatic heterocycles. The van der Waals surface area contributed by atoms with E-state index in [0.717, 1.165) is 17.7 Å². The Balaban J connectivity index is 2.54. The molecule has 0 radical (unpaired) electrons. The number of esters is 1. The van der Waals surface area contributed by atoms with Gasteiger partial charge in [-0.3, -0.25) is 4.79 Å². The van der Waals surface area contributed by atoms with Crippen LogP contribution in [0, 0.1) is 6.92 Å². The highest BCUT2D eigenvalue weighted by molar-refractivity contribution is 5.79. The zero-order chi connectivity index (χ0) is 14.5. The Labute approximate surface area is 115 Å². The van der Waals surface area contributed by atoms with Crippen molar-refractivity contribution in [2.24, 2.45) is 0 Å². The summed E-state index contributed by atoms with van der Waals surface area (Å²) in [6.07, 6.45) is 0.852. The molecule has 0 bridgehead atoms. The molecule has 1 rings (SSSR count). The van der Waals surface area contributed by atoms with Crippen LogP contribution in [0.5, 0.6) is 5.75 Å².